The smallest absolute Gasteiger partial charge is 0.0178 e. The molecule has 32 heavy (non-hydrogen) atoms. The molecule has 0 aliphatic rings. The summed E-state index contributed by atoms with van der Waals surface area (Å²) in [6.45, 7) is 0. The fraction of sp³-hybridized carbons (Fsp3) is 0. The Kier molecular flexibility index (Phi) is 7.44. The van der Waals surface area contributed by atoms with E-state index in [1.165, 1.54) is 33.4 Å². The fourth-order valence-corrected chi connectivity index (χ4v) is 3.46. The van der Waals surface area contributed by atoms with Crippen molar-refractivity contribution >= 4 is 12.2 Å². The molecule has 0 atom stereocenters. The van der Waals surface area contributed by atoms with E-state index >= 15 is 0 Å². The highest BCUT2D eigenvalue weighted by Crippen LogP contribution is 2.25. The molecule has 0 bridgehead atoms. The van der Waals surface area contributed by atoms with E-state index in [1.54, 1.807) is 0 Å². The van der Waals surface area contributed by atoms with Gasteiger partial charge in [0.25, 0.3) is 0 Å². The van der Waals surface area contributed by atoms with Crippen molar-refractivity contribution in [2.45, 2.75) is 0 Å². The lowest BCUT2D eigenvalue weighted by molar-refractivity contribution is 1.59. The van der Waals surface area contributed by atoms with Crippen LogP contribution in [0.1, 0.15) is 11.1 Å². The standard InChI is InChI=1S/C18H14.C14H12/c1-3-8-15(9-4-1)17-12-7-13-18(14-17)16-10-5-2-6-11-16;1-3-7-13(8-4-1)11-12-14-9-5-2-6-10-14/h1-14H;1-12H/b;12-11-. The Hall–Kier alpha value is -4.16. The third-order valence-electron chi connectivity index (χ3n) is 5.14. The summed E-state index contributed by atoms with van der Waals surface area (Å²) in [6, 6.07) is 50.3. The lowest BCUT2D eigenvalue weighted by Gasteiger charge is -2.05. The summed E-state index contributed by atoms with van der Waals surface area (Å²) in [7, 11) is 0. The van der Waals surface area contributed by atoms with Crippen molar-refractivity contribution < 1.29 is 0 Å². The minimum absolute atomic E-state index is 1.23. The molecular formula is C32H26. The van der Waals surface area contributed by atoms with E-state index in [-0.39, 0.29) is 0 Å². The molecule has 154 valence electrons. The van der Waals surface area contributed by atoms with Gasteiger partial charge in [-0.05, 0) is 39.4 Å². The van der Waals surface area contributed by atoms with Crippen LogP contribution in [0.25, 0.3) is 34.4 Å². The monoisotopic (exact) mass is 410 g/mol. The van der Waals surface area contributed by atoms with Crippen molar-refractivity contribution in [1.82, 2.24) is 0 Å². The van der Waals surface area contributed by atoms with Gasteiger partial charge in [0, 0.05) is 0 Å². The van der Waals surface area contributed by atoms with Gasteiger partial charge < -0.3 is 0 Å². The van der Waals surface area contributed by atoms with Gasteiger partial charge in [-0.1, -0.05) is 152 Å². The van der Waals surface area contributed by atoms with E-state index in [9.17, 15) is 0 Å². The zero-order valence-corrected chi connectivity index (χ0v) is 18.0. The molecule has 0 spiro atoms. The molecule has 0 unspecified atom stereocenters. The third kappa shape index (κ3) is 6.17. The molecule has 0 nitrogen and oxygen atoms in total. The second-order valence-corrected chi connectivity index (χ2v) is 7.47. The summed E-state index contributed by atoms with van der Waals surface area (Å²) in [6.07, 6.45) is 4.24. The lowest BCUT2D eigenvalue weighted by Crippen LogP contribution is -1.80. The van der Waals surface area contributed by atoms with E-state index in [0.717, 1.165) is 0 Å². The van der Waals surface area contributed by atoms with Crippen molar-refractivity contribution in [3.63, 3.8) is 0 Å². The molecule has 0 fully saturated rings. The maximum absolute atomic E-state index is 2.24. The second kappa shape index (κ2) is 11.3. The van der Waals surface area contributed by atoms with E-state index in [1.807, 2.05) is 48.5 Å². The van der Waals surface area contributed by atoms with Crippen LogP contribution in [-0.4, -0.2) is 0 Å². The third-order valence-corrected chi connectivity index (χ3v) is 5.14. The first-order valence-electron chi connectivity index (χ1n) is 10.9. The second-order valence-electron chi connectivity index (χ2n) is 7.47. The molecule has 0 radical (unpaired) electrons. The first-order chi connectivity index (χ1) is 15.9. The van der Waals surface area contributed by atoms with Crippen LogP contribution in [0.15, 0.2) is 146 Å². The zero-order valence-electron chi connectivity index (χ0n) is 18.0. The quantitative estimate of drug-likeness (QED) is 0.259. The zero-order chi connectivity index (χ0) is 21.8. The van der Waals surface area contributed by atoms with Crippen LogP contribution in [-0.2, 0) is 0 Å². The predicted octanol–water partition coefficient (Wildman–Crippen LogP) is 8.88. The molecule has 5 rings (SSSR count). The van der Waals surface area contributed by atoms with Gasteiger partial charge in [-0.3, -0.25) is 0 Å². The molecule has 0 aliphatic heterocycles. The summed E-state index contributed by atoms with van der Waals surface area (Å²) < 4.78 is 0. The highest BCUT2D eigenvalue weighted by molar-refractivity contribution is 5.73. The Morgan fingerprint density at radius 2 is 0.594 bits per heavy atom. The van der Waals surface area contributed by atoms with Crippen LogP contribution in [0.5, 0.6) is 0 Å². The molecule has 0 aromatic heterocycles. The molecule has 5 aromatic carbocycles. The van der Waals surface area contributed by atoms with E-state index in [0.29, 0.717) is 0 Å². The topological polar surface area (TPSA) is 0 Å². The van der Waals surface area contributed by atoms with Crippen LogP contribution in [0.4, 0.5) is 0 Å². The van der Waals surface area contributed by atoms with E-state index in [2.05, 4.69) is 109 Å². The average Bonchev–Trinajstić information content (AvgIpc) is 2.90. The average molecular weight is 411 g/mol. The maximum atomic E-state index is 2.24. The van der Waals surface area contributed by atoms with Gasteiger partial charge in [0.05, 0.1) is 0 Å². The summed E-state index contributed by atoms with van der Waals surface area (Å²) in [5, 5.41) is 0. The minimum Gasteiger partial charge on any atom is -0.0622 e. The van der Waals surface area contributed by atoms with E-state index < -0.39 is 0 Å². The van der Waals surface area contributed by atoms with Gasteiger partial charge in [-0.25, -0.2) is 0 Å². The fourth-order valence-electron chi connectivity index (χ4n) is 3.46. The van der Waals surface area contributed by atoms with Gasteiger partial charge in [0.1, 0.15) is 0 Å². The van der Waals surface area contributed by atoms with Crippen LogP contribution in [0, 0.1) is 0 Å². The summed E-state index contributed by atoms with van der Waals surface area (Å²) in [5.74, 6) is 0. The molecule has 0 aliphatic carbocycles. The molecule has 0 heteroatoms. The molecular weight excluding hydrogens is 384 g/mol. The summed E-state index contributed by atoms with van der Waals surface area (Å²) >= 11 is 0. The number of hydrogen-bond donors (Lipinski definition) is 0. The molecule has 0 saturated heterocycles. The highest BCUT2D eigenvalue weighted by Gasteiger charge is 2.00. The number of hydrogen-bond acceptors (Lipinski definition) is 0. The Balaban J connectivity index is 0.000000158. The van der Waals surface area contributed by atoms with Crippen molar-refractivity contribution in [3.8, 4) is 22.3 Å². The van der Waals surface area contributed by atoms with E-state index in [4.69, 9.17) is 0 Å². The lowest BCUT2D eigenvalue weighted by atomic mass is 9.99. The van der Waals surface area contributed by atoms with Crippen molar-refractivity contribution in [2.75, 3.05) is 0 Å². The normalized spacial score (nSPS) is 10.4. The predicted molar refractivity (Wildman–Crippen MR) is 139 cm³/mol. The van der Waals surface area contributed by atoms with Crippen LogP contribution in [0.3, 0.4) is 0 Å². The van der Waals surface area contributed by atoms with Gasteiger partial charge in [-0.2, -0.15) is 0 Å². The van der Waals surface area contributed by atoms with Gasteiger partial charge in [0.15, 0.2) is 0 Å². The Morgan fingerprint density at radius 3 is 0.969 bits per heavy atom. The molecule has 0 heterocycles. The highest BCUT2D eigenvalue weighted by atomic mass is 14.0. The molecule has 0 amide bonds. The molecule has 0 saturated carbocycles. The number of benzene rings is 5. The van der Waals surface area contributed by atoms with Crippen LogP contribution in [0.2, 0.25) is 0 Å². The van der Waals surface area contributed by atoms with Crippen molar-refractivity contribution in [3.05, 3.63) is 157 Å². The maximum Gasteiger partial charge on any atom is -0.0178 e. The van der Waals surface area contributed by atoms with Crippen molar-refractivity contribution in [1.29, 1.82) is 0 Å². The molecule has 5 aromatic rings. The van der Waals surface area contributed by atoms with Gasteiger partial charge in [-0.15, -0.1) is 0 Å². The Bertz CT molecular complexity index is 1130. The molecule has 0 N–H and O–H groups in total. The van der Waals surface area contributed by atoms with Crippen LogP contribution < -0.4 is 0 Å². The van der Waals surface area contributed by atoms with Gasteiger partial charge in [0.2, 0.25) is 0 Å². The summed E-state index contributed by atoms with van der Waals surface area (Å²) in [4.78, 5) is 0. The Labute approximate surface area is 191 Å². The first kappa shape index (κ1) is 21.1. The summed E-state index contributed by atoms with van der Waals surface area (Å²) in [5.41, 5.74) is 7.51. The Morgan fingerprint density at radius 1 is 0.281 bits per heavy atom. The van der Waals surface area contributed by atoms with Gasteiger partial charge >= 0.3 is 0 Å². The van der Waals surface area contributed by atoms with Crippen molar-refractivity contribution in [2.24, 2.45) is 0 Å². The number of rotatable bonds is 4. The van der Waals surface area contributed by atoms with Crippen LogP contribution >= 0.6 is 0 Å². The minimum atomic E-state index is 1.23. The largest absolute Gasteiger partial charge is 0.0622 e. The first-order valence-corrected chi connectivity index (χ1v) is 10.9. The SMILES string of the molecule is C(=C/c1ccccc1)/c1ccccc1.c1ccc(-c2cccc(-c3ccccc3)c2)cc1.